The molecule has 5 N–H and O–H groups in total. The quantitative estimate of drug-likeness (QED) is 0.466. The summed E-state index contributed by atoms with van der Waals surface area (Å²) in [6, 6.07) is 11.1. The molecule has 7 heteroatoms. The van der Waals surface area contributed by atoms with Gasteiger partial charge in [0.15, 0.2) is 5.76 Å². The monoisotopic (exact) mass is 422 g/mol. The summed E-state index contributed by atoms with van der Waals surface area (Å²) in [6.07, 6.45) is 3.12. The lowest BCUT2D eigenvalue weighted by atomic mass is 9.95. The Kier molecular flexibility index (Phi) is 8.27. The summed E-state index contributed by atoms with van der Waals surface area (Å²) in [5.41, 5.74) is 12.6. The van der Waals surface area contributed by atoms with E-state index in [1.54, 1.807) is 17.0 Å². The van der Waals surface area contributed by atoms with Crippen LogP contribution in [0.1, 0.15) is 41.8 Å². The summed E-state index contributed by atoms with van der Waals surface area (Å²) < 4.78 is 5.82. The van der Waals surface area contributed by atoms with Gasteiger partial charge in [-0.3, -0.25) is 9.59 Å². The molecule has 164 valence electrons. The first-order valence-electron chi connectivity index (χ1n) is 10.8. The number of piperidine rings is 1. The van der Waals surface area contributed by atoms with Gasteiger partial charge in [0.2, 0.25) is 5.91 Å². The van der Waals surface area contributed by atoms with Crippen molar-refractivity contribution in [3.63, 3.8) is 0 Å². The molecule has 31 heavy (non-hydrogen) atoms. The highest BCUT2D eigenvalue weighted by molar-refractivity contribution is 5.92. The molecular formula is C24H30N4O3. The number of unbranched alkanes of at least 4 members (excludes halogenated alkanes) is 1. The zero-order chi connectivity index (χ0) is 22.1. The van der Waals surface area contributed by atoms with E-state index in [9.17, 15) is 9.59 Å². The van der Waals surface area contributed by atoms with Crippen LogP contribution in [0.25, 0.3) is 11.3 Å². The minimum Gasteiger partial charge on any atom is -0.451 e. The number of rotatable bonds is 7. The summed E-state index contributed by atoms with van der Waals surface area (Å²) in [5, 5.41) is 2.97. The number of benzene rings is 1. The summed E-state index contributed by atoms with van der Waals surface area (Å²) in [6.45, 7) is 2.71. The second-order valence-electron chi connectivity index (χ2n) is 7.60. The van der Waals surface area contributed by atoms with Gasteiger partial charge >= 0.3 is 0 Å². The van der Waals surface area contributed by atoms with Crippen LogP contribution in [0.2, 0.25) is 0 Å². The van der Waals surface area contributed by atoms with Gasteiger partial charge in [-0.15, -0.1) is 0 Å². The van der Waals surface area contributed by atoms with E-state index < -0.39 is 0 Å². The molecule has 0 radical (unpaired) electrons. The molecule has 0 unspecified atom stereocenters. The highest BCUT2D eigenvalue weighted by Crippen LogP contribution is 2.25. The molecule has 2 heterocycles. The molecule has 1 aromatic carbocycles. The first kappa shape index (κ1) is 22.6. The predicted molar refractivity (Wildman–Crippen MR) is 120 cm³/mol. The maximum Gasteiger partial charge on any atom is 0.289 e. The molecule has 1 aliphatic rings. The Morgan fingerprint density at radius 2 is 1.81 bits per heavy atom. The van der Waals surface area contributed by atoms with Gasteiger partial charge in [0, 0.05) is 36.7 Å². The van der Waals surface area contributed by atoms with Crippen LogP contribution < -0.4 is 16.8 Å². The van der Waals surface area contributed by atoms with Crippen LogP contribution in [0.3, 0.4) is 0 Å². The lowest BCUT2D eigenvalue weighted by molar-refractivity contribution is -0.126. The van der Waals surface area contributed by atoms with E-state index in [0.717, 1.165) is 24.0 Å². The minimum atomic E-state index is -0.140. The Hall–Kier alpha value is -3.08. The molecular weight excluding hydrogens is 392 g/mol. The number of amides is 2. The van der Waals surface area contributed by atoms with Gasteiger partial charge in [0.05, 0.1) is 6.54 Å². The minimum absolute atomic E-state index is 0.0463. The number of nitrogens with zero attached hydrogens (tertiary/aromatic N) is 1. The molecule has 1 aliphatic heterocycles. The lowest BCUT2D eigenvalue weighted by Gasteiger charge is -2.30. The van der Waals surface area contributed by atoms with Crippen molar-refractivity contribution < 1.29 is 14.0 Å². The van der Waals surface area contributed by atoms with Gasteiger partial charge in [-0.1, -0.05) is 24.0 Å². The van der Waals surface area contributed by atoms with E-state index >= 15 is 0 Å². The Bertz CT molecular complexity index is 932. The van der Waals surface area contributed by atoms with Crippen LogP contribution in [0, 0.1) is 17.8 Å². The standard InChI is InChI=1S/C24H30N4O3/c25-13-1-2-15-27-23(29)20-11-16-28(17-12-20)24(30)22-10-9-21(31-22)19-7-5-18(6-8-19)4-3-14-26/h5-10,20H,1-2,11-17,25-26H2,(H,27,29). The Labute approximate surface area is 183 Å². The number of hydrogen-bond acceptors (Lipinski definition) is 5. The molecule has 0 bridgehead atoms. The zero-order valence-corrected chi connectivity index (χ0v) is 17.7. The number of hydrogen-bond donors (Lipinski definition) is 3. The maximum atomic E-state index is 12.8. The van der Waals surface area contributed by atoms with Crippen LogP contribution in [0.4, 0.5) is 0 Å². The number of furan rings is 1. The average molecular weight is 423 g/mol. The van der Waals surface area contributed by atoms with Gasteiger partial charge in [-0.25, -0.2) is 0 Å². The van der Waals surface area contributed by atoms with E-state index in [1.807, 2.05) is 24.3 Å². The first-order chi connectivity index (χ1) is 15.1. The fourth-order valence-electron chi connectivity index (χ4n) is 3.60. The van der Waals surface area contributed by atoms with Crippen molar-refractivity contribution in [2.75, 3.05) is 32.7 Å². The van der Waals surface area contributed by atoms with Gasteiger partial charge < -0.3 is 26.1 Å². The number of carbonyl (C=O) groups is 2. The van der Waals surface area contributed by atoms with Crippen molar-refractivity contribution in [2.45, 2.75) is 25.7 Å². The molecule has 1 aromatic heterocycles. The van der Waals surface area contributed by atoms with E-state index in [-0.39, 0.29) is 17.7 Å². The Morgan fingerprint density at radius 1 is 1.06 bits per heavy atom. The van der Waals surface area contributed by atoms with Crippen molar-refractivity contribution in [2.24, 2.45) is 17.4 Å². The number of nitrogens with two attached hydrogens (primary N) is 2. The van der Waals surface area contributed by atoms with Crippen LogP contribution in [-0.4, -0.2) is 49.4 Å². The number of carbonyl (C=O) groups excluding carboxylic acids is 2. The molecule has 2 aromatic rings. The van der Waals surface area contributed by atoms with Gasteiger partial charge in [0.1, 0.15) is 5.76 Å². The SMILES string of the molecule is NCC#Cc1ccc(-c2ccc(C(=O)N3CCC(C(=O)NCCCCN)CC3)o2)cc1. The molecule has 1 fully saturated rings. The fourth-order valence-corrected chi connectivity index (χ4v) is 3.60. The summed E-state index contributed by atoms with van der Waals surface area (Å²) in [5.74, 6) is 6.63. The van der Waals surface area contributed by atoms with Gasteiger partial charge in [-0.05, 0) is 56.5 Å². The van der Waals surface area contributed by atoms with Crippen molar-refractivity contribution in [1.82, 2.24) is 10.2 Å². The molecule has 1 saturated heterocycles. The molecule has 3 rings (SSSR count). The third-order valence-electron chi connectivity index (χ3n) is 5.40. The summed E-state index contributed by atoms with van der Waals surface area (Å²) in [4.78, 5) is 26.9. The highest BCUT2D eigenvalue weighted by atomic mass is 16.4. The highest BCUT2D eigenvalue weighted by Gasteiger charge is 2.28. The molecule has 0 atom stereocenters. The molecule has 2 amide bonds. The topological polar surface area (TPSA) is 115 Å². The van der Waals surface area contributed by atoms with Crippen LogP contribution in [0.5, 0.6) is 0 Å². The van der Waals surface area contributed by atoms with E-state index in [0.29, 0.717) is 57.1 Å². The second-order valence-corrected chi connectivity index (χ2v) is 7.60. The lowest BCUT2D eigenvalue weighted by Crippen LogP contribution is -2.43. The van der Waals surface area contributed by atoms with E-state index in [1.165, 1.54) is 0 Å². The van der Waals surface area contributed by atoms with Crippen LogP contribution in [-0.2, 0) is 4.79 Å². The maximum absolute atomic E-state index is 12.8. The fraction of sp³-hybridized carbons (Fsp3) is 0.417. The number of nitrogens with one attached hydrogen (secondary N) is 1. The van der Waals surface area contributed by atoms with Crippen molar-refractivity contribution in [3.8, 4) is 23.2 Å². The Morgan fingerprint density at radius 3 is 2.48 bits per heavy atom. The van der Waals surface area contributed by atoms with E-state index in [4.69, 9.17) is 15.9 Å². The summed E-state index contributed by atoms with van der Waals surface area (Å²) >= 11 is 0. The van der Waals surface area contributed by atoms with Crippen molar-refractivity contribution in [3.05, 3.63) is 47.7 Å². The Balaban J connectivity index is 1.53. The van der Waals surface area contributed by atoms with E-state index in [2.05, 4.69) is 17.2 Å². The third kappa shape index (κ3) is 6.20. The van der Waals surface area contributed by atoms with Crippen molar-refractivity contribution in [1.29, 1.82) is 0 Å². The van der Waals surface area contributed by atoms with Gasteiger partial charge in [-0.2, -0.15) is 0 Å². The molecule has 0 saturated carbocycles. The largest absolute Gasteiger partial charge is 0.451 e. The molecule has 0 aliphatic carbocycles. The predicted octanol–water partition coefficient (Wildman–Crippen LogP) is 1.96. The zero-order valence-electron chi connectivity index (χ0n) is 17.7. The summed E-state index contributed by atoms with van der Waals surface area (Å²) in [7, 11) is 0. The second kappa shape index (κ2) is 11.3. The number of likely N-dealkylation sites (tertiary alicyclic amines) is 1. The smallest absolute Gasteiger partial charge is 0.289 e. The normalized spacial score (nSPS) is 14.1. The molecule has 0 spiro atoms. The molecule has 7 nitrogen and oxygen atoms in total. The first-order valence-corrected chi connectivity index (χ1v) is 10.8. The third-order valence-corrected chi connectivity index (χ3v) is 5.40. The van der Waals surface area contributed by atoms with Crippen LogP contribution >= 0.6 is 0 Å². The average Bonchev–Trinajstić information content (AvgIpc) is 3.30. The van der Waals surface area contributed by atoms with Crippen molar-refractivity contribution >= 4 is 11.8 Å². The van der Waals surface area contributed by atoms with Crippen LogP contribution in [0.15, 0.2) is 40.8 Å². The van der Waals surface area contributed by atoms with Gasteiger partial charge in [0.25, 0.3) is 5.91 Å².